The first kappa shape index (κ1) is 11.7. The van der Waals surface area contributed by atoms with E-state index >= 15 is 0 Å². The van der Waals surface area contributed by atoms with E-state index in [0.29, 0.717) is 6.54 Å². The zero-order valence-corrected chi connectivity index (χ0v) is 8.39. The molecular weight excluding hydrogens is 194 g/mol. The van der Waals surface area contributed by atoms with Gasteiger partial charge in [-0.3, -0.25) is 4.79 Å². The Morgan fingerprint density at radius 1 is 1.33 bits per heavy atom. The second-order valence-electron chi connectivity index (χ2n) is 3.27. The molecule has 0 radical (unpaired) electrons. The Hall–Kier alpha value is -1.39. The molecule has 0 bridgehead atoms. The van der Waals surface area contributed by atoms with Crippen LogP contribution < -0.4 is 5.32 Å². The van der Waals surface area contributed by atoms with Crippen LogP contribution in [0, 0.1) is 0 Å². The number of rotatable bonds is 6. The van der Waals surface area contributed by atoms with E-state index in [-0.39, 0.29) is 13.0 Å². The maximum absolute atomic E-state index is 10.7. The molecule has 4 heteroatoms. The summed E-state index contributed by atoms with van der Waals surface area (Å²) in [4.78, 5) is 10.7. The average Bonchev–Trinajstić information content (AvgIpc) is 2.25. The number of hydrogen-bond donors (Lipinski definition) is 3. The molecule has 3 N–H and O–H groups in total. The molecule has 1 aromatic rings. The van der Waals surface area contributed by atoms with Crippen molar-refractivity contribution in [3.8, 4) is 0 Å². The molecule has 0 aliphatic rings. The van der Waals surface area contributed by atoms with Gasteiger partial charge in [-0.05, 0) is 12.0 Å². The third-order valence-electron chi connectivity index (χ3n) is 2.11. The maximum Gasteiger partial charge on any atom is 0.320 e. The number of aliphatic hydroxyl groups is 1. The molecule has 0 saturated heterocycles. The lowest BCUT2D eigenvalue weighted by molar-refractivity contribution is -0.139. The van der Waals surface area contributed by atoms with Crippen LogP contribution in [-0.4, -0.2) is 28.8 Å². The van der Waals surface area contributed by atoms with Crippen molar-refractivity contribution < 1.29 is 15.0 Å². The first-order valence-corrected chi connectivity index (χ1v) is 4.85. The van der Waals surface area contributed by atoms with Gasteiger partial charge in [-0.2, -0.15) is 0 Å². The number of carboxylic acids is 1. The summed E-state index contributed by atoms with van der Waals surface area (Å²) < 4.78 is 0. The molecule has 15 heavy (non-hydrogen) atoms. The topological polar surface area (TPSA) is 69.6 Å². The SMILES string of the molecule is O=C(O)C(CCO)NCc1ccccc1. The van der Waals surface area contributed by atoms with Crippen LogP contribution in [0.15, 0.2) is 30.3 Å². The van der Waals surface area contributed by atoms with E-state index in [4.69, 9.17) is 10.2 Å². The number of carboxylic acid groups (broad SMARTS) is 1. The predicted molar refractivity (Wildman–Crippen MR) is 56.4 cm³/mol. The Labute approximate surface area is 88.6 Å². The van der Waals surface area contributed by atoms with Gasteiger partial charge in [0.05, 0.1) is 0 Å². The zero-order valence-electron chi connectivity index (χ0n) is 8.39. The Bertz CT molecular complexity index is 300. The first-order valence-electron chi connectivity index (χ1n) is 4.85. The van der Waals surface area contributed by atoms with Gasteiger partial charge in [-0.1, -0.05) is 30.3 Å². The summed E-state index contributed by atoms with van der Waals surface area (Å²) >= 11 is 0. The van der Waals surface area contributed by atoms with Crippen molar-refractivity contribution in [3.05, 3.63) is 35.9 Å². The normalized spacial score (nSPS) is 12.3. The Kier molecular flexibility index (Phi) is 4.80. The molecule has 0 amide bonds. The molecule has 82 valence electrons. The van der Waals surface area contributed by atoms with Gasteiger partial charge in [0, 0.05) is 13.2 Å². The van der Waals surface area contributed by atoms with Crippen molar-refractivity contribution in [2.45, 2.75) is 19.0 Å². The van der Waals surface area contributed by atoms with Crippen molar-refractivity contribution in [2.24, 2.45) is 0 Å². The van der Waals surface area contributed by atoms with Gasteiger partial charge >= 0.3 is 5.97 Å². The molecule has 1 atom stereocenters. The van der Waals surface area contributed by atoms with E-state index in [1.54, 1.807) is 0 Å². The summed E-state index contributed by atoms with van der Waals surface area (Å²) in [6.07, 6.45) is 0.224. The van der Waals surface area contributed by atoms with E-state index in [1.807, 2.05) is 30.3 Å². The minimum Gasteiger partial charge on any atom is -0.480 e. The molecule has 0 aliphatic carbocycles. The fraction of sp³-hybridized carbons (Fsp3) is 0.364. The summed E-state index contributed by atoms with van der Waals surface area (Å²) in [7, 11) is 0. The Balaban J connectivity index is 2.43. The maximum atomic E-state index is 10.7. The van der Waals surface area contributed by atoms with Crippen molar-refractivity contribution in [1.29, 1.82) is 0 Å². The number of hydrogen-bond acceptors (Lipinski definition) is 3. The van der Waals surface area contributed by atoms with Crippen molar-refractivity contribution in [3.63, 3.8) is 0 Å². The monoisotopic (exact) mass is 209 g/mol. The Morgan fingerprint density at radius 3 is 2.53 bits per heavy atom. The third-order valence-corrected chi connectivity index (χ3v) is 2.11. The summed E-state index contributed by atoms with van der Waals surface area (Å²) in [5, 5.41) is 20.4. The van der Waals surface area contributed by atoms with Gasteiger partial charge < -0.3 is 15.5 Å². The van der Waals surface area contributed by atoms with Crippen molar-refractivity contribution >= 4 is 5.97 Å². The second kappa shape index (κ2) is 6.16. The lowest BCUT2D eigenvalue weighted by atomic mass is 10.2. The molecule has 1 rings (SSSR count). The summed E-state index contributed by atoms with van der Waals surface area (Å²) in [5.41, 5.74) is 1.03. The van der Waals surface area contributed by atoms with E-state index in [2.05, 4.69) is 5.32 Å². The lowest BCUT2D eigenvalue weighted by Gasteiger charge is -2.12. The van der Waals surface area contributed by atoms with Crippen LogP contribution in [0.3, 0.4) is 0 Å². The van der Waals surface area contributed by atoms with E-state index in [9.17, 15) is 4.79 Å². The molecule has 0 aromatic heterocycles. The summed E-state index contributed by atoms with van der Waals surface area (Å²) in [5.74, 6) is -0.931. The highest BCUT2D eigenvalue weighted by Crippen LogP contribution is 1.99. The van der Waals surface area contributed by atoms with Gasteiger partial charge in [-0.15, -0.1) is 0 Å². The summed E-state index contributed by atoms with van der Waals surface area (Å²) in [6, 6.07) is 8.87. The number of benzene rings is 1. The van der Waals surface area contributed by atoms with Gasteiger partial charge in [-0.25, -0.2) is 0 Å². The van der Waals surface area contributed by atoms with Crippen molar-refractivity contribution in [2.75, 3.05) is 6.61 Å². The highest BCUT2D eigenvalue weighted by Gasteiger charge is 2.15. The molecule has 4 nitrogen and oxygen atoms in total. The quantitative estimate of drug-likeness (QED) is 0.642. The molecule has 1 unspecified atom stereocenters. The third kappa shape index (κ3) is 4.10. The average molecular weight is 209 g/mol. The minimum atomic E-state index is -0.931. The number of aliphatic hydroxyl groups excluding tert-OH is 1. The summed E-state index contributed by atoms with van der Waals surface area (Å²) in [6.45, 7) is 0.372. The lowest BCUT2D eigenvalue weighted by Crippen LogP contribution is -2.36. The molecule has 0 spiro atoms. The van der Waals surface area contributed by atoms with Gasteiger partial charge in [0.2, 0.25) is 0 Å². The number of aliphatic carboxylic acids is 1. The van der Waals surface area contributed by atoms with Crippen LogP contribution in [0.1, 0.15) is 12.0 Å². The van der Waals surface area contributed by atoms with Gasteiger partial charge in [0.1, 0.15) is 6.04 Å². The van der Waals surface area contributed by atoms with Crippen LogP contribution in [0.2, 0.25) is 0 Å². The second-order valence-corrected chi connectivity index (χ2v) is 3.27. The molecule has 0 heterocycles. The van der Waals surface area contributed by atoms with Gasteiger partial charge in [0.25, 0.3) is 0 Å². The van der Waals surface area contributed by atoms with Crippen LogP contribution in [0.4, 0.5) is 0 Å². The van der Waals surface area contributed by atoms with Crippen LogP contribution in [0.25, 0.3) is 0 Å². The standard InChI is InChI=1S/C11H15NO3/c13-7-6-10(11(14)15)12-8-9-4-2-1-3-5-9/h1-5,10,12-13H,6-8H2,(H,14,15). The minimum absolute atomic E-state index is 0.126. The van der Waals surface area contributed by atoms with E-state index < -0.39 is 12.0 Å². The number of carbonyl (C=O) groups is 1. The van der Waals surface area contributed by atoms with Crippen LogP contribution in [-0.2, 0) is 11.3 Å². The van der Waals surface area contributed by atoms with Crippen LogP contribution in [0.5, 0.6) is 0 Å². The molecule has 0 saturated carbocycles. The largest absolute Gasteiger partial charge is 0.480 e. The molecule has 0 aliphatic heterocycles. The smallest absolute Gasteiger partial charge is 0.320 e. The predicted octanol–water partition coefficient (Wildman–Crippen LogP) is 0.612. The molecule has 1 aromatic carbocycles. The van der Waals surface area contributed by atoms with Gasteiger partial charge in [0.15, 0.2) is 0 Å². The van der Waals surface area contributed by atoms with Crippen molar-refractivity contribution in [1.82, 2.24) is 5.32 Å². The fourth-order valence-corrected chi connectivity index (χ4v) is 1.28. The number of nitrogens with one attached hydrogen (secondary N) is 1. The zero-order chi connectivity index (χ0) is 11.1. The fourth-order valence-electron chi connectivity index (χ4n) is 1.28. The first-order chi connectivity index (χ1) is 7.24. The molecular formula is C11H15NO3. The van der Waals surface area contributed by atoms with E-state index in [0.717, 1.165) is 5.56 Å². The highest BCUT2D eigenvalue weighted by atomic mass is 16.4. The van der Waals surface area contributed by atoms with Crippen LogP contribution >= 0.6 is 0 Å². The Morgan fingerprint density at radius 2 is 2.00 bits per heavy atom. The highest BCUT2D eigenvalue weighted by molar-refractivity contribution is 5.73. The van der Waals surface area contributed by atoms with E-state index in [1.165, 1.54) is 0 Å². The molecule has 0 fully saturated rings.